The van der Waals surface area contributed by atoms with Crippen molar-refractivity contribution in [2.75, 3.05) is 53.6 Å². The minimum Gasteiger partial charge on any atom is -0.383 e. The van der Waals surface area contributed by atoms with Gasteiger partial charge in [-0.3, -0.25) is 4.90 Å². The van der Waals surface area contributed by atoms with E-state index >= 15 is 0 Å². The van der Waals surface area contributed by atoms with Gasteiger partial charge in [-0.25, -0.2) is 0 Å². The van der Waals surface area contributed by atoms with Gasteiger partial charge in [0.1, 0.15) is 0 Å². The predicted octanol–water partition coefficient (Wildman–Crippen LogP) is 2.53. The third-order valence-electron chi connectivity index (χ3n) is 3.59. The number of ether oxygens (including phenoxy) is 2. The molecule has 0 aliphatic carbocycles. The second-order valence-electron chi connectivity index (χ2n) is 5.50. The van der Waals surface area contributed by atoms with Crippen LogP contribution < -0.4 is 5.32 Å². The summed E-state index contributed by atoms with van der Waals surface area (Å²) in [6.07, 6.45) is 6.44. The molecule has 4 heteroatoms. The van der Waals surface area contributed by atoms with Gasteiger partial charge >= 0.3 is 0 Å². The number of rotatable bonds is 15. The van der Waals surface area contributed by atoms with Crippen molar-refractivity contribution in [2.45, 2.75) is 52.0 Å². The Morgan fingerprint density at radius 1 is 0.950 bits per heavy atom. The van der Waals surface area contributed by atoms with Gasteiger partial charge in [0.2, 0.25) is 0 Å². The molecule has 0 bridgehead atoms. The Morgan fingerprint density at radius 3 is 2.35 bits per heavy atom. The lowest BCUT2D eigenvalue weighted by Crippen LogP contribution is -2.39. The van der Waals surface area contributed by atoms with Crippen LogP contribution in [0.15, 0.2) is 0 Å². The summed E-state index contributed by atoms with van der Waals surface area (Å²) in [4.78, 5) is 2.47. The average molecular weight is 288 g/mol. The zero-order valence-electron chi connectivity index (χ0n) is 14.1. The van der Waals surface area contributed by atoms with Gasteiger partial charge in [-0.15, -0.1) is 0 Å². The van der Waals surface area contributed by atoms with Crippen LogP contribution in [0.3, 0.4) is 0 Å². The van der Waals surface area contributed by atoms with Gasteiger partial charge in [-0.2, -0.15) is 0 Å². The summed E-state index contributed by atoms with van der Waals surface area (Å²) in [6.45, 7) is 10.5. The molecule has 122 valence electrons. The van der Waals surface area contributed by atoms with Crippen molar-refractivity contribution >= 4 is 0 Å². The highest BCUT2D eigenvalue weighted by Crippen LogP contribution is 2.05. The number of nitrogens with zero attached hydrogens (tertiary/aromatic N) is 1. The molecule has 0 rings (SSSR count). The zero-order chi connectivity index (χ0) is 15.1. The lowest BCUT2D eigenvalue weighted by Gasteiger charge is -2.28. The Balaban J connectivity index is 3.62. The first-order chi connectivity index (χ1) is 9.76. The van der Waals surface area contributed by atoms with Crippen LogP contribution in [0.2, 0.25) is 0 Å². The minimum absolute atomic E-state index is 0.473. The normalized spacial score (nSPS) is 13.1. The molecule has 20 heavy (non-hydrogen) atoms. The molecule has 0 spiro atoms. The maximum Gasteiger partial charge on any atom is 0.0615 e. The number of hydrogen-bond donors (Lipinski definition) is 1. The first-order valence-electron chi connectivity index (χ1n) is 8.18. The molecular weight excluding hydrogens is 252 g/mol. The van der Waals surface area contributed by atoms with Gasteiger partial charge in [0.25, 0.3) is 0 Å². The van der Waals surface area contributed by atoms with E-state index in [1.54, 1.807) is 14.2 Å². The van der Waals surface area contributed by atoms with Gasteiger partial charge in [-0.1, -0.05) is 19.8 Å². The lowest BCUT2D eigenvalue weighted by atomic mass is 10.1. The maximum absolute atomic E-state index is 5.26. The SMILES string of the molecule is CCCNCCCCCCN(CCOC)C(C)COC. The Bertz CT molecular complexity index is 191. The molecule has 0 radical (unpaired) electrons. The standard InChI is InChI=1S/C16H36N2O2/c1-5-10-17-11-8-6-7-9-12-18(13-14-19-3)16(2)15-20-4/h16-17H,5-15H2,1-4H3. The Labute approximate surface area is 126 Å². The number of methoxy groups -OCH3 is 2. The van der Waals surface area contributed by atoms with Crippen LogP contribution in [-0.2, 0) is 9.47 Å². The molecule has 0 heterocycles. The molecule has 0 aromatic rings. The van der Waals surface area contributed by atoms with Crippen LogP contribution in [0.1, 0.15) is 46.0 Å². The lowest BCUT2D eigenvalue weighted by molar-refractivity contribution is 0.0739. The van der Waals surface area contributed by atoms with E-state index in [2.05, 4.69) is 24.1 Å². The topological polar surface area (TPSA) is 33.7 Å². The number of hydrogen-bond acceptors (Lipinski definition) is 4. The Kier molecular flexibility index (Phi) is 15.1. The summed E-state index contributed by atoms with van der Waals surface area (Å²) in [5, 5.41) is 3.45. The van der Waals surface area contributed by atoms with E-state index in [0.29, 0.717) is 6.04 Å². The van der Waals surface area contributed by atoms with Crippen LogP contribution in [0.5, 0.6) is 0 Å². The first kappa shape index (κ1) is 19.8. The fraction of sp³-hybridized carbons (Fsp3) is 1.00. The van der Waals surface area contributed by atoms with E-state index in [0.717, 1.165) is 32.8 Å². The van der Waals surface area contributed by atoms with E-state index < -0.39 is 0 Å². The third-order valence-corrected chi connectivity index (χ3v) is 3.59. The van der Waals surface area contributed by atoms with Crippen molar-refractivity contribution in [1.29, 1.82) is 0 Å². The molecule has 0 saturated carbocycles. The van der Waals surface area contributed by atoms with Crippen molar-refractivity contribution in [1.82, 2.24) is 10.2 Å². The summed E-state index contributed by atoms with van der Waals surface area (Å²) in [5.41, 5.74) is 0. The second-order valence-corrected chi connectivity index (χ2v) is 5.50. The zero-order valence-corrected chi connectivity index (χ0v) is 14.1. The Hall–Kier alpha value is -0.160. The monoisotopic (exact) mass is 288 g/mol. The largest absolute Gasteiger partial charge is 0.383 e. The fourth-order valence-electron chi connectivity index (χ4n) is 2.33. The van der Waals surface area contributed by atoms with Crippen molar-refractivity contribution in [3.05, 3.63) is 0 Å². The van der Waals surface area contributed by atoms with Crippen LogP contribution in [0, 0.1) is 0 Å². The number of nitrogens with one attached hydrogen (secondary N) is 1. The summed E-state index contributed by atoms with van der Waals surface area (Å²) in [6, 6.07) is 0.473. The van der Waals surface area contributed by atoms with Crippen LogP contribution in [0.25, 0.3) is 0 Å². The summed E-state index contributed by atoms with van der Waals surface area (Å²) < 4.78 is 10.4. The minimum atomic E-state index is 0.473. The smallest absolute Gasteiger partial charge is 0.0615 e. The molecule has 0 amide bonds. The molecule has 0 aliphatic heterocycles. The molecule has 1 atom stereocenters. The Morgan fingerprint density at radius 2 is 1.70 bits per heavy atom. The quantitative estimate of drug-likeness (QED) is 0.470. The van der Waals surface area contributed by atoms with E-state index in [1.165, 1.54) is 38.6 Å². The van der Waals surface area contributed by atoms with E-state index in [1.807, 2.05) is 0 Å². The maximum atomic E-state index is 5.26. The molecule has 4 nitrogen and oxygen atoms in total. The van der Waals surface area contributed by atoms with Crippen molar-refractivity contribution in [2.24, 2.45) is 0 Å². The van der Waals surface area contributed by atoms with Gasteiger partial charge in [-0.05, 0) is 45.8 Å². The van der Waals surface area contributed by atoms with Gasteiger partial charge in [0, 0.05) is 26.8 Å². The molecule has 1 N–H and O–H groups in total. The summed E-state index contributed by atoms with van der Waals surface area (Å²) >= 11 is 0. The average Bonchev–Trinajstić information content (AvgIpc) is 2.45. The molecule has 1 unspecified atom stereocenters. The summed E-state index contributed by atoms with van der Waals surface area (Å²) in [5.74, 6) is 0. The summed E-state index contributed by atoms with van der Waals surface area (Å²) in [7, 11) is 3.54. The van der Waals surface area contributed by atoms with E-state index in [-0.39, 0.29) is 0 Å². The molecule has 0 aromatic carbocycles. The van der Waals surface area contributed by atoms with E-state index in [4.69, 9.17) is 9.47 Å². The van der Waals surface area contributed by atoms with Gasteiger partial charge in [0.05, 0.1) is 13.2 Å². The molecule has 0 aliphatic rings. The van der Waals surface area contributed by atoms with Crippen molar-refractivity contribution < 1.29 is 9.47 Å². The molecule has 0 fully saturated rings. The molecule has 0 saturated heterocycles. The molecule has 0 aromatic heterocycles. The van der Waals surface area contributed by atoms with Crippen molar-refractivity contribution in [3.8, 4) is 0 Å². The third kappa shape index (κ3) is 11.6. The first-order valence-corrected chi connectivity index (χ1v) is 8.18. The second kappa shape index (κ2) is 15.2. The highest BCUT2D eigenvalue weighted by atomic mass is 16.5. The van der Waals surface area contributed by atoms with Crippen LogP contribution in [-0.4, -0.2) is 64.6 Å². The molecular formula is C16H36N2O2. The van der Waals surface area contributed by atoms with Crippen LogP contribution in [0.4, 0.5) is 0 Å². The highest BCUT2D eigenvalue weighted by Gasteiger charge is 2.12. The van der Waals surface area contributed by atoms with E-state index in [9.17, 15) is 0 Å². The predicted molar refractivity (Wildman–Crippen MR) is 86.4 cm³/mol. The van der Waals surface area contributed by atoms with Gasteiger partial charge in [0.15, 0.2) is 0 Å². The number of unbranched alkanes of at least 4 members (excludes halogenated alkanes) is 3. The van der Waals surface area contributed by atoms with Gasteiger partial charge < -0.3 is 14.8 Å². The van der Waals surface area contributed by atoms with Crippen LogP contribution >= 0.6 is 0 Å². The fourth-order valence-corrected chi connectivity index (χ4v) is 2.33. The van der Waals surface area contributed by atoms with Crippen molar-refractivity contribution in [3.63, 3.8) is 0 Å². The highest BCUT2D eigenvalue weighted by molar-refractivity contribution is 4.66.